The Hall–Kier alpha value is -3.74. The third-order valence-electron chi connectivity index (χ3n) is 3.80. The van der Waals surface area contributed by atoms with Gasteiger partial charge in [-0.2, -0.15) is 5.10 Å². The highest BCUT2D eigenvalue weighted by atomic mass is 19.1. The molecular weight excluding hydrogens is 337 g/mol. The normalized spacial score (nSPS) is 10.8. The summed E-state index contributed by atoms with van der Waals surface area (Å²) in [7, 11) is 0. The van der Waals surface area contributed by atoms with E-state index in [9.17, 15) is 14.0 Å². The summed E-state index contributed by atoms with van der Waals surface area (Å²) in [4.78, 5) is 23.5. The number of nitrogens with zero attached hydrogens (tertiary/aromatic N) is 1. The van der Waals surface area contributed by atoms with E-state index in [0.717, 1.165) is 5.56 Å². The lowest BCUT2D eigenvalue weighted by molar-refractivity contribution is 0.0998. The maximum atomic E-state index is 13.3. The van der Waals surface area contributed by atoms with Gasteiger partial charge < -0.3 is 9.73 Å². The molecule has 0 spiro atoms. The first kappa shape index (κ1) is 15.8. The second kappa shape index (κ2) is 6.29. The summed E-state index contributed by atoms with van der Waals surface area (Å²) < 4.78 is 18.7. The lowest BCUT2D eigenvalue weighted by Gasteiger charge is -2.05. The van der Waals surface area contributed by atoms with Crippen LogP contribution < -0.4 is 10.9 Å². The van der Waals surface area contributed by atoms with Crippen molar-refractivity contribution in [2.75, 3.05) is 5.32 Å². The molecule has 0 unspecified atom stereocenters. The molecule has 0 aliphatic rings. The smallest absolute Gasteiger partial charge is 0.291 e. The molecule has 1 amide bonds. The number of H-pyrrole nitrogens is 1. The highest BCUT2D eigenvalue weighted by molar-refractivity contribution is 6.04. The Balaban J connectivity index is 1.59. The predicted octanol–water partition coefficient (Wildman–Crippen LogP) is 3.57. The molecule has 0 saturated carbocycles. The van der Waals surface area contributed by atoms with Crippen molar-refractivity contribution in [3.8, 4) is 11.3 Å². The SMILES string of the molecule is O=C(Nc1cccc(-c2ccc(=O)[nH]n2)c1)c1cc2cc(F)ccc2o1. The van der Waals surface area contributed by atoms with Crippen molar-refractivity contribution in [1.29, 1.82) is 0 Å². The number of amides is 1. The Morgan fingerprint density at radius 2 is 1.96 bits per heavy atom. The van der Waals surface area contributed by atoms with Gasteiger partial charge in [-0.1, -0.05) is 12.1 Å². The van der Waals surface area contributed by atoms with E-state index in [1.807, 2.05) is 0 Å². The Morgan fingerprint density at radius 1 is 1.08 bits per heavy atom. The molecule has 0 fully saturated rings. The van der Waals surface area contributed by atoms with Gasteiger partial charge in [0.1, 0.15) is 11.4 Å². The summed E-state index contributed by atoms with van der Waals surface area (Å²) in [6.07, 6.45) is 0. The fourth-order valence-corrected chi connectivity index (χ4v) is 2.58. The summed E-state index contributed by atoms with van der Waals surface area (Å²) in [6.45, 7) is 0. The van der Waals surface area contributed by atoms with E-state index in [1.54, 1.807) is 30.3 Å². The fourth-order valence-electron chi connectivity index (χ4n) is 2.58. The van der Waals surface area contributed by atoms with Crippen LogP contribution >= 0.6 is 0 Å². The monoisotopic (exact) mass is 349 g/mol. The van der Waals surface area contributed by atoms with Crippen LogP contribution in [-0.4, -0.2) is 16.1 Å². The van der Waals surface area contributed by atoms with E-state index in [0.29, 0.717) is 22.4 Å². The average Bonchev–Trinajstić information content (AvgIpc) is 3.06. The second-order valence-corrected chi connectivity index (χ2v) is 5.63. The first-order valence-electron chi connectivity index (χ1n) is 7.75. The lowest BCUT2D eigenvalue weighted by Crippen LogP contribution is -2.11. The van der Waals surface area contributed by atoms with E-state index in [-0.39, 0.29) is 11.3 Å². The number of carbonyl (C=O) groups is 1. The summed E-state index contributed by atoms with van der Waals surface area (Å²) in [5.41, 5.74) is 1.97. The standard InChI is InChI=1S/C19H12FN3O3/c20-13-4-6-16-12(8-13)10-17(26-16)19(25)21-14-3-1-2-11(9-14)15-5-7-18(24)23-22-15/h1-10H,(H,21,25)(H,23,24). The minimum atomic E-state index is -0.451. The molecule has 0 aliphatic heterocycles. The summed E-state index contributed by atoms with van der Waals surface area (Å²) >= 11 is 0. The molecule has 0 saturated heterocycles. The van der Waals surface area contributed by atoms with Crippen LogP contribution in [0.25, 0.3) is 22.2 Å². The number of fused-ring (bicyclic) bond motifs is 1. The number of aromatic amines is 1. The predicted molar refractivity (Wildman–Crippen MR) is 94.4 cm³/mol. The van der Waals surface area contributed by atoms with Gasteiger partial charge in [-0.25, -0.2) is 9.49 Å². The van der Waals surface area contributed by atoms with Gasteiger partial charge in [-0.3, -0.25) is 9.59 Å². The molecule has 2 heterocycles. The zero-order valence-electron chi connectivity index (χ0n) is 13.3. The molecule has 6 nitrogen and oxygen atoms in total. The van der Waals surface area contributed by atoms with Crippen molar-refractivity contribution in [3.05, 3.63) is 82.6 Å². The maximum absolute atomic E-state index is 13.3. The summed E-state index contributed by atoms with van der Waals surface area (Å²) in [6, 6.07) is 15.5. The van der Waals surface area contributed by atoms with Crippen LogP contribution in [0.15, 0.2) is 69.9 Å². The molecule has 0 radical (unpaired) electrons. The molecule has 0 bridgehead atoms. The second-order valence-electron chi connectivity index (χ2n) is 5.63. The van der Waals surface area contributed by atoms with E-state index in [1.165, 1.54) is 30.3 Å². The van der Waals surface area contributed by atoms with E-state index >= 15 is 0 Å². The van der Waals surface area contributed by atoms with Crippen molar-refractivity contribution < 1.29 is 13.6 Å². The van der Waals surface area contributed by atoms with Crippen molar-refractivity contribution in [1.82, 2.24) is 10.2 Å². The van der Waals surface area contributed by atoms with Gasteiger partial charge in [0, 0.05) is 22.7 Å². The third-order valence-corrected chi connectivity index (χ3v) is 3.80. The van der Waals surface area contributed by atoms with Gasteiger partial charge in [0.15, 0.2) is 5.76 Å². The first-order valence-corrected chi connectivity index (χ1v) is 7.75. The number of carbonyl (C=O) groups excluding carboxylic acids is 1. The highest BCUT2D eigenvalue weighted by Gasteiger charge is 2.13. The van der Waals surface area contributed by atoms with Gasteiger partial charge in [-0.15, -0.1) is 0 Å². The molecule has 4 rings (SSSR count). The fraction of sp³-hybridized carbons (Fsp3) is 0. The lowest BCUT2D eigenvalue weighted by atomic mass is 10.1. The highest BCUT2D eigenvalue weighted by Crippen LogP contribution is 2.23. The number of halogens is 1. The number of benzene rings is 2. The van der Waals surface area contributed by atoms with Crippen LogP contribution in [0.2, 0.25) is 0 Å². The van der Waals surface area contributed by atoms with Crippen LogP contribution in [0.3, 0.4) is 0 Å². The van der Waals surface area contributed by atoms with Gasteiger partial charge in [0.2, 0.25) is 0 Å². The molecule has 2 aromatic heterocycles. The van der Waals surface area contributed by atoms with Crippen LogP contribution in [0.1, 0.15) is 10.6 Å². The summed E-state index contributed by atoms with van der Waals surface area (Å²) in [5.74, 6) is -0.766. The number of rotatable bonds is 3. The molecule has 26 heavy (non-hydrogen) atoms. The largest absolute Gasteiger partial charge is 0.451 e. The molecule has 2 N–H and O–H groups in total. The number of hydrogen-bond donors (Lipinski definition) is 2. The van der Waals surface area contributed by atoms with Crippen molar-refractivity contribution in [2.24, 2.45) is 0 Å². The van der Waals surface area contributed by atoms with Gasteiger partial charge >= 0.3 is 0 Å². The van der Waals surface area contributed by atoms with Crippen LogP contribution in [0.4, 0.5) is 10.1 Å². The van der Waals surface area contributed by atoms with Crippen molar-refractivity contribution in [3.63, 3.8) is 0 Å². The first-order chi connectivity index (χ1) is 12.6. The van der Waals surface area contributed by atoms with E-state index in [4.69, 9.17) is 4.42 Å². The number of aromatic nitrogens is 2. The maximum Gasteiger partial charge on any atom is 0.291 e. The topological polar surface area (TPSA) is 88.0 Å². The number of hydrogen-bond acceptors (Lipinski definition) is 4. The molecular formula is C19H12FN3O3. The molecule has 128 valence electrons. The van der Waals surface area contributed by atoms with Gasteiger partial charge in [-0.05, 0) is 42.5 Å². The van der Waals surface area contributed by atoms with Crippen molar-refractivity contribution >= 4 is 22.6 Å². The minimum Gasteiger partial charge on any atom is -0.451 e. The Morgan fingerprint density at radius 3 is 2.77 bits per heavy atom. The third kappa shape index (κ3) is 3.10. The molecule has 4 aromatic rings. The minimum absolute atomic E-state index is 0.0816. The molecule has 7 heteroatoms. The summed E-state index contributed by atoms with van der Waals surface area (Å²) in [5, 5.41) is 9.57. The zero-order chi connectivity index (χ0) is 18.1. The average molecular weight is 349 g/mol. The van der Waals surface area contributed by atoms with Crippen molar-refractivity contribution in [2.45, 2.75) is 0 Å². The molecule has 0 atom stereocenters. The molecule has 0 aliphatic carbocycles. The Kier molecular flexibility index (Phi) is 3.81. The number of nitrogens with one attached hydrogen (secondary N) is 2. The van der Waals surface area contributed by atoms with Gasteiger partial charge in [0.05, 0.1) is 5.69 Å². The Labute approximate surface area is 146 Å². The number of furan rings is 1. The molecule has 2 aromatic carbocycles. The Bertz CT molecular complexity index is 1160. The van der Waals surface area contributed by atoms with Crippen LogP contribution in [0.5, 0.6) is 0 Å². The van der Waals surface area contributed by atoms with Crippen LogP contribution in [-0.2, 0) is 0 Å². The van der Waals surface area contributed by atoms with E-state index < -0.39 is 11.7 Å². The quantitative estimate of drug-likeness (QED) is 0.592. The van der Waals surface area contributed by atoms with E-state index in [2.05, 4.69) is 15.5 Å². The zero-order valence-corrected chi connectivity index (χ0v) is 13.3. The van der Waals surface area contributed by atoms with Crippen LogP contribution in [0, 0.1) is 5.82 Å². The number of anilines is 1. The van der Waals surface area contributed by atoms with Gasteiger partial charge in [0.25, 0.3) is 11.5 Å².